The zero-order chi connectivity index (χ0) is 17.8. The SMILES string of the molecule is COCCN1CC(C(=O)NCc2ccc(C)c3ncccc23)CC1=O. The Hall–Kier alpha value is -2.47. The first-order valence-electron chi connectivity index (χ1n) is 8.47. The molecule has 1 N–H and O–H groups in total. The van der Waals surface area contributed by atoms with Crippen LogP contribution in [0.25, 0.3) is 10.9 Å². The Morgan fingerprint density at radius 2 is 2.24 bits per heavy atom. The van der Waals surface area contributed by atoms with Gasteiger partial charge in [-0.3, -0.25) is 14.6 Å². The maximum absolute atomic E-state index is 12.4. The van der Waals surface area contributed by atoms with Crippen molar-refractivity contribution in [3.05, 3.63) is 41.6 Å². The molecule has 0 bridgehead atoms. The number of rotatable bonds is 6. The Labute approximate surface area is 147 Å². The van der Waals surface area contributed by atoms with Gasteiger partial charge in [0, 0.05) is 44.7 Å². The van der Waals surface area contributed by atoms with E-state index in [1.165, 1.54) is 0 Å². The number of fused-ring (bicyclic) bond motifs is 1. The van der Waals surface area contributed by atoms with Gasteiger partial charge in [-0.15, -0.1) is 0 Å². The van der Waals surface area contributed by atoms with Crippen LogP contribution in [0.1, 0.15) is 17.5 Å². The van der Waals surface area contributed by atoms with Crippen molar-refractivity contribution in [1.82, 2.24) is 15.2 Å². The monoisotopic (exact) mass is 341 g/mol. The van der Waals surface area contributed by atoms with Gasteiger partial charge in [-0.2, -0.15) is 0 Å². The topological polar surface area (TPSA) is 71.5 Å². The van der Waals surface area contributed by atoms with Crippen LogP contribution in [0.15, 0.2) is 30.5 Å². The molecule has 1 saturated heterocycles. The summed E-state index contributed by atoms with van der Waals surface area (Å²) in [6.45, 7) is 3.94. The molecule has 2 aromatic rings. The lowest BCUT2D eigenvalue weighted by Crippen LogP contribution is -2.33. The summed E-state index contributed by atoms with van der Waals surface area (Å²) < 4.78 is 5.00. The first-order valence-corrected chi connectivity index (χ1v) is 8.47. The molecule has 1 fully saturated rings. The Bertz CT molecular complexity index is 791. The van der Waals surface area contributed by atoms with Crippen molar-refractivity contribution in [2.75, 3.05) is 26.8 Å². The van der Waals surface area contributed by atoms with Crippen molar-refractivity contribution in [1.29, 1.82) is 0 Å². The quantitative estimate of drug-likeness (QED) is 0.867. The van der Waals surface area contributed by atoms with Crippen LogP contribution in [0.5, 0.6) is 0 Å². The van der Waals surface area contributed by atoms with Crippen molar-refractivity contribution in [2.24, 2.45) is 5.92 Å². The van der Waals surface area contributed by atoms with Gasteiger partial charge < -0.3 is 15.0 Å². The maximum Gasteiger partial charge on any atom is 0.225 e. The number of hydrogen-bond acceptors (Lipinski definition) is 4. The zero-order valence-electron chi connectivity index (χ0n) is 14.6. The van der Waals surface area contributed by atoms with E-state index in [-0.39, 0.29) is 24.2 Å². The molecule has 1 aromatic heterocycles. The number of ether oxygens (including phenoxy) is 1. The van der Waals surface area contributed by atoms with E-state index < -0.39 is 0 Å². The first-order chi connectivity index (χ1) is 12.1. The summed E-state index contributed by atoms with van der Waals surface area (Å²) >= 11 is 0. The number of benzene rings is 1. The van der Waals surface area contributed by atoms with E-state index in [0.717, 1.165) is 22.0 Å². The Balaban J connectivity index is 1.64. The molecule has 1 aromatic carbocycles. The first kappa shape index (κ1) is 17.4. The molecule has 0 radical (unpaired) electrons. The summed E-state index contributed by atoms with van der Waals surface area (Å²) in [6.07, 6.45) is 2.04. The number of aryl methyl sites for hydroxylation is 1. The van der Waals surface area contributed by atoms with Crippen LogP contribution in [-0.4, -0.2) is 48.5 Å². The molecule has 0 spiro atoms. The minimum atomic E-state index is -0.292. The average molecular weight is 341 g/mol. The molecule has 0 saturated carbocycles. The molecule has 2 heterocycles. The van der Waals surface area contributed by atoms with Crippen molar-refractivity contribution in [3.63, 3.8) is 0 Å². The third kappa shape index (κ3) is 3.79. The summed E-state index contributed by atoms with van der Waals surface area (Å²) in [5.41, 5.74) is 3.10. The molecule has 6 nitrogen and oxygen atoms in total. The van der Waals surface area contributed by atoms with Gasteiger partial charge in [0.05, 0.1) is 18.0 Å². The van der Waals surface area contributed by atoms with Crippen molar-refractivity contribution >= 4 is 22.7 Å². The molecule has 25 heavy (non-hydrogen) atoms. The highest BCUT2D eigenvalue weighted by atomic mass is 16.5. The number of likely N-dealkylation sites (tertiary alicyclic amines) is 1. The summed E-state index contributed by atoms with van der Waals surface area (Å²) in [4.78, 5) is 30.5. The molecular weight excluding hydrogens is 318 g/mol. The number of hydrogen-bond donors (Lipinski definition) is 1. The summed E-state index contributed by atoms with van der Waals surface area (Å²) in [5, 5.41) is 4.02. The van der Waals surface area contributed by atoms with Crippen LogP contribution in [0, 0.1) is 12.8 Å². The highest BCUT2D eigenvalue weighted by Gasteiger charge is 2.33. The second-order valence-electron chi connectivity index (χ2n) is 6.39. The van der Waals surface area contributed by atoms with Gasteiger partial charge in [-0.1, -0.05) is 18.2 Å². The van der Waals surface area contributed by atoms with E-state index in [2.05, 4.69) is 10.3 Å². The fourth-order valence-electron chi connectivity index (χ4n) is 3.22. The number of carbonyl (C=O) groups excluding carboxylic acids is 2. The van der Waals surface area contributed by atoms with Crippen LogP contribution in [0.4, 0.5) is 0 Å². The Morgan fingerprint density at radius 1 is 1.40 bits per heavy atom. The number of pyridine rings is 1. The molecule has 2 amide bonds. The molecule has 1 aliphatic heterocycles. The molecular formula is C19H23N3O3. The second kappa shape index (κ2) is 7.61. The number of nitrogens with zero attached hydrogens (tertiary/aromatic N) is 2. The smallest absolute Gasteiger partial charge is 0.225 e. The van der Waals surface area contributed by atoms with Gasteiger partial charge in [0.2, 0.25) is 11.8 Å². The zero-order valence-corrected chi connectivity index (χ0v) is 14.6. The van der Waals surface area contributed by atoms with Crippen LogP contribution >= 0.6 is 0 Å². The third-order valence-electron chi connectivity index (χ3n) is 4.67. The number of methoxy groups -OCH3 is 1. The lowest BCUT2D eigenvalue weighted by molar-refractivity contribution is -0.129. The Kier molecular flexibility index (Phi) is 5.28. The highest BCUT2D eigenvalue weighted by Crippen LogP contribution is 2.21. The molecule has 3 rings (SSSR count). The predicted octanol–water partition coefficient (Wildman–Crippen LogP) is 1.65. The van der Waals surface area contributed by atoms with E-state index in [1.807, 2.05) is 31.2 Å². The number of nitrogens with one attached hydrogen (secondary N) is 1. The van der Waals surface area contributed by atoms with Gasteiger partial charge >= 0.3 is 0 Å². The van der Waals surface area contributed by atoms with Crippen LogP contribution in [0.3, 0.4) is 0 Å². The van der Waals surface area contributed by atoms with Crippen molar-refractivity contribution < 1.29 is 14.3 Å². The summed E-state index contributed by atoms with van der Waals surface area (Å²) in [6, 6.07) is 7.95. The molecule has 0 aliphatic carbocycles. The van der Waals surface area contributed by atoms with E-state index in [4.69, 9.17) is 4.74 Å². The van der Waals surface area contributed by atoms with Crippen LogP contribution < -0.4 is 5.32 Å². The summed E-state index contributed by atoms with van der Waals surface area (Å²) in [5.74, 6) is -0.354. The van der Waals surface area contributed by atoms with Crippen molar-refractivity contribution in [3.8, 4) is 0 Å². The fourth-order valence-corrected chi connectivity index (χ4v) is 3.22. The van der Waals surface area contributed by atoms with E-state index in [1.54, 1.807) is 18.2 Å². The molecule has 132 valence electrons. The lowest BCUT2D eigenvalue weighted by Gasteiger charge is -2.16. The highest BCUT2D eigenvalue weighted by molar-refractivity contribution is 5.90. The van der Waals surface area contributed by atoms with E-state index in [0.29, 0.717) is 26.2 Å². The Morgan fingerprint density at radius 3 is 3.04 bits per heavy atom. The number of amides is 2. The van der Waals surface area contributed by atoms with Crippen molar-refractivity contribution in [2.45, 2.75) is 19.9 Å². The van der Waals surface area contributed by atoms with Gasteiger partial charge in [-0.25, -0.2) is 0 Å². The molecule has 1 unspecified atom stereocenters. The largest absolute Gasteiger partial charge is 0.383 e. The average Bonchev–Trinajstić information content (AvgIpc) is 3.00. The minimum absolute atomic E-state index is 0.0159. The summed E-state index contributed by atoms with van der Waals surface area (Å²) in [7, 11) is 1.60. The van der Waals surface area contributed by atoms with E-state index in [9.17, 15) is 9.59 Å². The van der Waals surface area contributed by atoms with Crippen LogP contribution in [0.2, 0.25) is 0 Å². The minimum Gasteiger partial charge on any atom is -0.383 e. The standard InChI is InChI=1S/C19H23N3O3/c1-13-5-6-14(16-4-3-7-20-18(13)16)11-21-19(24)15-10-17(23)22(12-15)8-9-25-2/h3-7,15H,8-12H2,1-2H3,(H,21,24). The van der Waals surface area contributed by atoms with Gasteiger partial charge in [0.25, 0.3) is 0 Å². The maximum atomic E-state index is 12.4. The fraction of sp³-hybridized carbons (Fsp3) is 0.421. The van der Waals surface area contributed by atoms with Gasteiger partial charge in [-0.05, 0) is 24.1 Å². The van der Waals surface area contributed by atoms with Gasteiger partial charge in [0.15, 0.2) is 0 Å². The number of aromatic nitrogens is 1. The second-order valence-corrected chi connectivity index (χ2v) is 6.39. The lowest BCUT2D eigenvalue weighted by atomic mass is 10.0. The third-order valence-corrected chi connectivity index (χ3v) is 4.67. The predicted molar refractivity (Wildman–Crippen MR) is 94.9 cm³/mol. The van der Waals surface area contributed by atoms with E-state index >= 15 is 0 Å². The normalized spacial score (nSPS) is 17.3. The van der Waals surface area contributed by atoms with Gasteiger partial charge in [0.1, 0.15) is 0 Å². The molecule has 1 aliphatic rings. The molecule has 6 heteroatoms. The number of carbonyl (C=O) groups is 2. The molecule has 1 atom stereocenters. The van der Waals surface area contributed by atoms with Crippen LogP contribution in [-0.2, 0) is 20.9 Å².